The fourth-order valence-corrected chi connectivity index (χ4v) is 4.45. The Balaban J connectivity index is 2.04. The minimum Gasteiger partial charge on any atom is -0.480 e. The number of hydrogen-bond acceptors (Lipinski definition) is 5. The second kappa shape index (κ2) is 8.66. The summed E-state index contributed by atoms with van der Waals surface area (Å²) in [5.74, 6) is -1.68. The molecule has 1 aromatic heterocycles. The van der Waals surface area contributed by atoms with E-state index in [0.717, 1.165) is 8.72 Å². The highest BCUT2D eigenvalue weighted by Crippen LogP contribution is 2.30. The number of nitrogens with two attached hydrogens (primary N) is 1. The van der Waals surface area contributed by atoms with Crippen molar-refractivity contribution in [2.24, 2.45) is 5.73 Å². The zero-order chi connectivity index (χ0) is 21.9. The smallest absolute Gasteiger partial charge is 0.318 e. The van der Waals surface area contributed by atoms with Crippen molar-refractivity contribution in [3.8, 4) is 0 Å². The van der Waals surface area contributed by atoms with Crippen LogP contribution in [0.3, 0.4) is 0 Å². The van der Waals surface area contributed by atoms with Gasteiger partial charge in [-0.15, -0.1) is 0 Å². The van der Waals surface area contributed by atoms with Crippen molar-refractivity contribution in [1.82, 2.24) is 9.29 Å². The average Bonchev–Trinajstić information content (AvgIpc) is 2.72. The van der Waals surface area contributed by atoms with Crippen LogP contribution in [0.2, 0.25) is 0 Å². The largest absolute Gasteiger partial charge is 0.480 e. The van der Waals surface area contributed by atoms with Gasteiger partial charge in [0.15, 0.2) is 0 Å². The molecule has 0 bridgehead atoms. The van der Waals surface area contributed by atoms with E-state index in [4.69, 9.17) is 22.9 Å². The third kappa shape index (κ3) is 4.51. The van der Waals surface area contributed by atoms with Crippen molar-refractivity contribution in [3.63, 3.8) is 0 Å². The summed E-state index contributed by atoms with van der Waals surface area (Å²) in [5.41, 5.74) is 6.38. The first-order chi connectivity index (χ1) is 14.2. The lowest BCUT2D eigenvalue weighted by molar-refractivity contribution is -0.137. The molecule has 30 heavy (non-hydrogen) atoms. The highest BCUT2D eigenvalue weighted by Gasteiger charge is 2.27. The predicted molar refractivity (Wildman–Crippen MR) is 114 cm³/mol. The van der Waals surface area contributed by atoms with Crippen LogP contribution in [0.15, 0.2) is 65.8 Å². The van der Waals surface area contributed by atoms with Gasteiger partial charge in [0, 0.05) is 35.3 Å². The third-order valence-electron chi connectivity index (χ3n) is 4.28. The van der Waals surface area contributed by atoms with Crippen molar-refractivity contribution in [3.05, 3.63) is 66.5 Å². The van der Waals surface area contributed by atoms with Crippen LogP contribution in [-0.4, -0.2) is 41.3 Å². The van der Waals surface area contributed by atoms with E-state index in [9.17, 15) is 18.3 Å². The normalized spacial score (nSPS) is 11.5. The van der Waals surface area contributed by atoms with Crippen LogP contribution < -0.4 is 10.2 Å². The number of nitrogens with one attached hydrogen (secondary N) is 1. The van der Waals surface area contributed by atoms with Gasteiger partial charge in [-0.3, -0.25) is 15.2 Å². The molecular formula is C19H18ClN5O4S. The van der Waals surface area contributed by atoms with Gasteiger partial charge in [-0.05, 0) is 17.7 Å². The number of carboxylic acids is 1. The minimum absolute atomic E-state index is 0.0879. The summed E-state index contributed by atoms with van der Waals surface area (Å²) in [4.78, 5) is 15.2. The Kier molecular flexibility index (Phi) is 6.20. The SMILES string of the molecule is N=C(N)N(Cl)c1cncc2cc(S(=O)(=O)N(CC(=O)O)Cc3ccccc3)ccc12. The molecule has 0 fully saturated rings. The molecule has 0 saturated carbocycles. The Morgan fingerprint density at radius 3 is 2.50 bits per heavy atom. The quantitative estimate of drug-likeness (QED) is 0.287. The number of hydrogen-bond donors (Lipinski definition) is 3. The minimum atomic E-state index is -4.12. The molecule has 3 aromatic rings. The lowest BCUT2D eigenvalue weighted by Crippen LogP contribution is -2.35. The van der Waals surface area contributed by atoms with E-state index < -0.39 is 28.5 Å². The zero-order valence-electron chi connectivity index (χ0n) is 15.6. The molecule has 156 valence electrons. The number of anilines is 1. The molecule has 0 saturated heterocycles. The van der Waals surface area contributed by atoms with Crippen LogP contribution in [0.25, 0.3) is 10.8 Å². The number of halogens is 1. The van der Waals surface area contributed by atoms with Gasteiger partial charge in [-0.25, -0.2) is 12.8 Å². The van der Waals surface area contributed by atoms with Crippen molar-refractivity contribution in [1.29, 1.82) is 5.41 Å². The number of fused-ring (bicyclic) bond motifs is 1. The standard InChI is InChI=1S/C19H18ClN5O4S/c20-25(19(21)22)17-10-23-9-14-8-15(6-7-16(14)17)30(28,29)24(12-18(26)27)11-13-4-2-1-3-5-13/h1-10H,11-12H2,(H3,21,22)(H,26,27). The maximum atomic E-state index is 13.2. The van der Waals surface area contributed by atoms with Crippen LogP contribution in [0.4, 0.5) is 5.69 Å². The number of sulfonamides is 1. The van der Waals surface area contributed by atoms with Crippen molar-refractivity contribution in [2.75, 3.05) is 11.0 Å². The monoisotopic (exact) mass is 447 g/mol. The number of rotatable bonds is 7. The van der Waals surface area contributed by atoms with E-state index in [1.165, 1.54) is 30.6 Å². The predicted octanol–water partition coefficient (Wildman–Crippen LogP) is 2.36. The molecule has 0 aliphatic rings. The molecule has 1 heterocycles. The Labute approximate surface area is 178 Å². The summed E-state index contributed by atoms with van der Waals surface area (Å²) in [6.07, 6.45) is 2.85. The fraction of sp³-hybridized carbons (Fsp3) is 0.105. The Morgan fingerprint density at radius 2 is 1.87 bits per heavy atom. The van der Waals surface area contributed by atoms with Gasteiger partial charge >= 0.3 is 5.97 Å². The molecule has 0 unspecified atom stereocenters. The number of aliphatic carboxylic acids is 1. The van der Waals surface area contributed by atoms with Gasteiger partial charge in [0.1, 0.15) is 6.54 Å². The van der Waals surface area contributed by atoms with Gasteiger partial charge in [0.2, 0.25) is 16.0 Å². The highest BCUT2D eigenvalue weighted by molar-refractivity contribution is 7.89. The van der Waals surface area contributed by atoms with Gasteiger partial charge in [0.25, 0.3) is 0 Å². The number of carbonyl (C=O) groups is 1. The summed E-state index contributed by atoms with van der Waals surface area (Å²) in [6, 6.07) is 13.0. The van der Waals surface area contributed by atoms with Crippen molar-refractivity contribution >= 4 is 50.2 Å². The molecule has 3 rings (SSSR count). The van der Waals surface area contributed by atoms with Gasteiger partial charge in [0.05, 0.1) is 16.8 Å². The molecular weight excluding hydrogens is 430 g/mol. The summed E-state index contributed by atoms with van der Waals surface area (Å²) in [7, 11) is -4.12. The Bertz CT molecular complexity index is 1200. The summed E-state index contributed by atoms with van der Waals surface area (Å²) < 4.78 is 28.2. The number of aromatic nitrogens is 1. The van der Waals surface area contributed by atoms with Crippen LogP contribution >= 0.6 is 11.8 Å². The van der Waals surface area contributed by atoms with Gasteiger partial charge < -0.3 is 10.8 Å². The van der Waals surface area contributed by atoms with Crippen molar-refractivity contribution in [2.45, 2.75) is 11.4 Å². The zero-order valence-corrected chi connectivity index (χ0v) is 17.1. The fourth-order valence-electron chi connectivity index (χ4n) is 2.90. The molecule has 0 spiro atoms. The molecule has 9 nitrogen and oxygen atoms in total. The molecule has 0 aliphatic heterocycles. The Hall–Kier alpha value is -3.21. The van der Waals surface area contributed by atoms with E-state index >= 15 is 0 Å². The summed E-state index contributed by atoms with van der Waals surface area (Å²) in [6.45, 7) is -0.779. The summed E-state index contributed by atoms with van der Waals surface area (Å²) in [5, 5.41) is 17.7. The number of carboxylic acid groups (broad SMARTS) is 1. The maximum Gasteiger partial charge on any atom is 0.318 e. The van der Waals surface area contributed by atoms with E-state index in [2.05, 4.69) is 4.98 Å². The van der Waals surface area contributed by atoms with Gasteiger partial charge in [-0.1, -0.05) is 36.4 Å². The van der Waals surface area contributed by atoms with Crippen LogP contribution in [0.1, 0.15) is 5.56 Å². The van der Waals surface area contributed by atoms with Crippen LogP contribution in [0.5, 0.6) is 0 Å². The lowest BCUT2D eigenvalue weighted by Gasteiger charge is -2.21. The molecule has 4 N–H and O–H groups in total. The molecule has 0 radical (unpaired) electrons. The first-order valence-corrected chi connectivity index (χ1v) is 10.4. The first-order valence-electron chi connectivity index (χ1n) is 8.63. The molecule has 0 amide bonds. The topological polar surface area (TPSA) is 141 Å². The second-order valence-electron chi connectivity index (χ2n) is 6.36. The second-order valence-corrected chi connectivity index (χ2v) is 8.64. The number of nitrogens with zero attached hydrogens (tertiary/aromatic N) is 3. The number of benzene rings is 2. The summed E-state index contributed by atoms with van der Waals surface area (Å²) >= 11 is 6.00. The van der Waals surface area contributed by atoms with E-state index in [0.29, 0.717) is 22.0 Å². The van der Waals surface area contributed by atoms with Gasteiger partial charge in [-0.2, -0.15) is 4.31 Å². The van der Waals surface area contributed by atoms with E-state index in [1.54, 1.807) is 30.3 Å². The lowest BCUT2D eigenvalue weighted by atomic mass is 10.1. The molecule has 11 heteroatoms. The molecule has 0 aliphatic carbocycles. The van der Waals surface area contributed by atoms with Crippen LogP contribution in [0, 0.1) is 5.41 Å². The first kappa shape index (κ1) is 21.5. The van der Waals surface area contributed by atoms with E-state index in [-0.39, 0.29) is 11.4 Å². The van der Waals surface area contributed by atoms with Crippen LogP contribution in [-0.2, 0) is 21.4 Å². The maximum absolute atomic E-state index is 13.2. The highest BCUT2D eigenvalue weighted by atomic mass is 35.5. The molecule has 0 atom stereocenters. The molecule has 2 aromatic carbocycles. The third-order valence-corrected chi connectivity index (χ3v) is 6.44. The number of guanidine groups is 1. The van der Waals surface area contributed by atoms with Crippen molar-refractivity contribution < 1.29 is 18.3 Å². The Morgan fingerprint density at radius 1 is 1.17 bits per heavy atom. The van der Waals surface area contributed by atoms with E-state index in [1.807, 2.05) is 0 Å². The number of pyridine rings is 1. The average molecular weight is 448 g/mol.